The van der Waals surface area contributed by atoms with Gasteiger partial charge in [0.1, 0.15) is 0 Å². The number of rotatable bonds is 5. The third-order valence-electron chi connectivity index (χ3n) is 5.51. The van der Waals surface area contributed by atoms with Crippen LogP contribution in [0.4, 0.5) is 0 Å². The highest BCUT2D eigenvalue weighted by Gasteiger charge is 2.30. The fourth-order valence-electron chi connectivity index (χ4n) is 4.05. The Hall–Kier alpha value is -1.90. The van der Waals surface area contributed by atoms with Gasteiger partial charge in [-0.25, -0.2) is 8.42 Å². The number of sulfonamides is 1. The Morgan fingerprint density at radius 1 is 1.17 bits per heavy atom. The van der Waals surface area contributed by atoms with Crippen molar-refractivity contribution in [2.45, 2.75) is 38.9 Å². The third-order valence-corrected chi connectivity index (χ3v) is 7.31. The lowest BCUT2D eigenvalue weighted by Gasteiger charge is -2.34. The van der Waals surface area contributed by atoms with Crippen LogP contribution in [-0.4, -0.2) is 81.3 Å². The molecule has 0 bridgehead atoms. The Labute approximate surface area is 180 Å². The van der Waals surface area contributed by atoms with Crippen molar-refractivity contribution in [1.82, 2.24) is 14.5 Å². The number of guanidine groups is 1. The number of hydrogen-bond acceptors (Lipinski definition) is 4. The number of piperidine rings is 1. The maximum Gasteiger partial charge on any atom is 0.216 e. The summed E-state index contributed by atoms with van der Waals surface area (Å²) in [7, 11) is -1.57. The van der Waals surface area contributed by atoms with Crippen LogP contribution in [0.25, 0.3) is 6.08 Å². The average Bonchev–Trinajstić information content (AvgIpc) is 2.72. The summed E-state index contributed by atoms with van der Waals surface area (Å²) in [5, 5.41) is 3.24. The van der Waals surface area contributed by atoms with Crippen LogP contribution in [0, 0.1) is 0 Å². The van der Waals surface area contributed by atoms with E-state index in [0.717, 1.165) is 31.9 Å². The number of benzene rings is 1. The maximum atomic E-state index is 12.7. The minimum atomic E-state index is -3.32. The van der Waals surface area contributed by atoms with Crippen LogP contribution in [0.15, 0.2) is 40.9 Å². The monoisotopic (exact) mass is 434 g/mol. The quantitative estimate of drug-likeness (QED) is 0.568. The third kappa shape index (κ3) is 6.30. The summed E-state index contributed by atoms with van der Waals surface area (Å²) in [4.78, 5) is 6.56. The summed E-state index contributed by atoms with van der Waals surface area (Å²) in [5.74, 6) is 0.825. The van der Waals surface area contributed by atoms with Gasteiger partial charge in [-0.2, -0.15) is 4.31 Å². The molecule has 1 aromatic rings. The van der Waals surface area contributed by atoms with Gasteiger partial charge in [0.15, 0.2) is 5.96 Å². The van der Waals surface area contributed by atoms with Crippen LogP contribution in [0.1, 0.15) is 32.3 Å². The first-order valence-electron chi connectivity index (χ1n) is 10.7. The van der Waals surface area contributed by atoms with Gasteiger partial charge in [-0.05, 0) is 32.3 Å². The van der Waals surface area contributed by atoms with Crippen LogP contribution >= 0.6 is 0 Å². The lowest BCUT2D eigenvalue weighted by atomic mass is 10.0. The standard InChI is InChI=1S/C22H34N4O3S/c1-18-16-26(17-19(2)29-18)30(27,28)14-11-24-22(23-3)25-12-9-21(10-13-25)15-20-7-5-4-6-8-20/h4-8,15,18-19H,9-14,16-17H2,1-3H3,(H,23,24). The van der Waals surface area contributed by atoms with Gasteiger partial charge in [0.2, 0.25) is 10.0 Å². The first-order valence-corrected chi connectivity index (χ1v) is 12.3. The molecule has 8 heteroatoms. The van der Waals surface area contributed by atoms with E-state index in [0.29, 0.717) is 19.6 Å². The molecule has 0 spiro atoms. The van der Waals surface area contributed by atoms with E-state index in [2.05, 4.69) is 45.6 Å². The topological polar surface area (TPSA) is 74.2 Å². The van der Waals surface area contributed by atoms with Crippen molar-refractivity contribution in [3.63, 3.8) is 0 Å². The zero-order valence-corrected chi connectivity index (χ0v) is 19.1. The summed E-state index contributed by atoms with van der Waals surface area (Å²) < 4.78 is 32.6. The van der Waals surface area contributed by atoms with Gasteiger partial charge < -0.3 is 15.0 Å². The summed E-state index contributed by atoms with van der Waals surface area (Å²) in [6, 6.07) is 10.4. The molecule has 3 rings (SSSR count). The first kappa shape index (κ1) is 22.8. The predicted octanol–water partition coefficient (Wildman–Crippen LogP) is 2.18. The lowest BCUT2D eigenvalue weighted by molar-refractivity contribution is -0.0440. The highest BCUT2D eigenvalue weighted by molar-refractivity contribution is 7.89. The Balaban J connectivity index is 1.48. The molecule has 2 atom stereocenters. The molecule has 0 aliphatic carbocycles. The molecule has 0 aromatic heterocycles. The number of nitrogens with one attached hydrogen (secondary N) is 1. The van der Waals surface area contributed by atoms with Crippen LogP contribution in [0.3, 0.4) is 0 Å². The second-order valence-electron chi connectivity index (χ2n) is 8.06. The molecule has 0 amide bonds. The molecule has 0 saturated carbocycles. The molecule has 30 heavy (non-hydrogen) atoms. The Kier molecular flexibility index (Phi) is 7.91. The normalized spacial score (nSPS) is 24.0. The molecule has 2 fully saturated rings. The van der Waals surface area contributed by atoms with Crippen LogP contribution in [0.2, 0.25) is 0 Å². The second-order valence-corrected chi connectivity index (χ2v) is 10.2. The highest BCUT2D eigenvalue weighted by atomic mass is 32.2. The summed E-state index contributed by atoms with van der Waals surface area (Å²) in [6.45, 7) is 6.77. The predicted molar refractivity (Wildman–Crippen MR) is 122 cm³/mol. The molecule has 2 unspecified atom stereocenters. The molecule has 1 N–H and O–H groups in total. The van der Waals surface area contributed by atoms with Crippen LogP contribution in [0.5, 0.6) is 0 Å². The molecular formula is C22H34N4O3S. The Morgan fingerprint density at radius 3 is 2.40 bits per heavy atom. The molecule has 7 nitrogen and oxygen atoms in total. The number of nitrogens with zero attached hydrogens (tertiary/aromatic N) is 3. The zero-order valence-electron chi connectivity index (χ0n) is 18.3. The first-order chi connectivity index (χ1) is 14.4. The van der Waals surface area contributed by atoms with Gasteiger partial charge in [-0.15, -0.1) is 0 Å². The van der Waals surface area contributed by atoms with Crippen molar-refractivity contribution in [3.8, 4) is 0 Å². The van der Waals surface area contributed by atoms with Crippen LogP contribution < -0.4 is 5.32 Å². The largest absolute Gasteiger partial charge is 0.373 e. The maximum absolute atomic E-state index is 12.7. The van der Waals surface area contributed by atoms with Gasteiger partial charge in [0.05, 0.1) is 18.0 Å². The van der Waals surface area contributed by atoms with Crippen molar-refractivity contribution in [1.29, 1.82) is 0 Å². The van der Waals surface area contributed by atoms with Gasteiger partial charge >= 0.3 is 0 Å². The van der Waals surface area contributed by atoms with E-state index in [4.69, 9.17) is 4.74 Å². The number of aliphatic imine (C=N–C) groups is 1. The molecule has 0 radical (unpaired) electrons. The van der Waals surface area contributed by atoms with E-state index >= 15 is 0 Å². The number of ether oxygens (including phenoxy) is 1. The minimum absolute atomic E-state index is 0.0540. The molecule has 2 saturated heterocycles. The van der Waals surface area contributed by atoms with Crippen molar-refractivity contribution >= 4 is 22.1 Å². The molecule has 1 aromatic carbocycles. The molecule has 2 aliphatic heterocycles. The number of morpholine rings is 1. The van der Waals surface area contributed by atoms with Gasteiger partial charge in [0, 0.05) is 39.8 Å². The number of hydrogen-bond donors (Lipinski definition) is 1. The van der Waals surface area contributed by atoms with Crippen molar-refractivity contribution in [2.75, 3.05) is 45.5 Å². The highest BCUT2D eigenvalue weighted by Crippen LogP contribution is 2.19. The SMILES string of the molecule is CN=C(NCCS(=O)(=O)N1CC(C)OC(C)C1)N1CCC(=Cc2ccccc2)CC1. The Morgan fingerprint density at radius 2 is 1.80 bits per heavy atom. The summed E-state index contributed by atoms with van der Waals surface area (Å²) in [5.41, 5.74) is 2.67. The summed E-state index contributed by atoms with van der Waals surface area (Å²) in [6.07, 6.45) is 4.09. The fourth-order valence-corrected chi connectivity index (χ4v) is 5.54. The van der Waals surface area contributed by atoms with Gasteiger partial charge in [-0.3, -0.25) is 4.99 Å². The van der Waals surface area contributed by atoms with Crippen molar-refractivity contribution in [2.24, 2.45) is 4.99 Å². The van der Waals surface area contributed by atoms with Crippen LogP contribution in [-0.2, 0) is 14.8 Å². The van der Waals surface area contributed by atoms with E-state index in [-0.39, 0.29) is 18.0 Å². The van der Waals surface area contributed by atoms with E-state index in [1.54, 1.807) is 11.4 Å². The van der Waals surface area contributed by atoms with Gasteiger partial charge in [0.25, 0.3) is 0 Å². The van der Waals surface area contributed by atoms with Crippen molar-refractivity contribution in [3.05, 3.63) is 41.5 Å². The number of likely N-dealkylation sites (tertiary alicyclic amines) is 1. The second kappa shape index (κ2) is 10.4. The fraction of sp³-hybridized carbons (Fsp3) is 0.591. The van der Waals surface area contributed by atoms with E-state index in [1.165, 1.54) is 11.1 Å². The molecule has 166 valence electrons. The van der Waals surface area contributed by atoms with Crippen molar-refractivity contribution < 1.29 is 13.2 Å². The average molecular weight is 435 g/mol. The zero-order chi connectivity index (χ0) is 21.6. The van der Waals surface area contributed by atoms with E-state index in [9.17, 15) is 8.42 Å². The van der Waals surface area contributed by atoms with E-state index < -0.39 is 10.0 Å². The summed E-state index contributed by atoms with van der Waals surface area (Å²) >= 11 is 0. The van der Waals surface area contributed by atoms with E-state index in [1.807, 2.05) is 19.9 Å². The molecule has 2 heterocycles. The smallest absolute Gasteiger partial charge is 0.216 e. The van der Waals surface area contributed by atoms with Gasteiger partial charge in [-0.1, -0.05) is 42.0 Å². The lowest BCUT2D eigenvalue weighted by Crippen LogP contribution is -2.50. The molecule has 2 aliphatic rings. The minimum Gasteiger partial charge on any atom is -0.373 e. The Bertz CT molecular complexity index is 834. The molecular weight excluding hydrogens is 400 g/mol.